The van der Waals surface area contributed by atoms with E-state index >= 15 is 0 Å². The number of thioether (sulfide) groups is 1. The van der Waals surface area contributed by atoms with Gasteiger partial charge in [-0.25, -0.2) is 4.39 Å². The lowest BCUT2D eigenvalue weighted by molar-refractivity contribution is 0.431. The first-order valence-electron chi connectivity index (χ1n) is 7.72. The number of halogens is 1. The van der Waals surface area contributed by atoms with Crippen LogP contribution < -0.4 is 10.6 Å². The second-order valence-electron chi connectivity index (χ2n) is 5.33. The second kappa shape index (κ2) is 9.17. The van der Waals surface area contributed by atoms with Crippen molar-refractivity contribution in [2.75, 3.05) is 13.6 Å². The van der Waals surface area contributed by atoms with Crippen molar-refractivity contribution in [3.63, 3.8) is 0 Å². The van der Waals surface area contributed by atoms with Gasteiger partial charge in [-0.2, -0.15) is 0 Å². The van der Waals surface area contributed by atoms with Gasteiger partial charge < -0.3 is 15.7 Å². The third-order valence-electron chi connectivity index (χ3n) is 3.33. The zero-order valence-corrected chi connectivity index (χ0v) is 14.6. The first-order chi connectivity index (χ1) is 11.6. The number of benzene rings is 2. The van der Waals surface area contributed by atoms with Gasteiger partial charge in [-0.1, -0.05) is 31.2 Å². The molecule has 0 saturated heterocycles. The van der Waals surface area contributed by atoms with E-state index in [0.717, 1.165) is 12.1 Å². The van der Waals surface area contributed by atoms with Crippen LogP contribution in [-0.2, 0) is 6.54 Å². The normalized spacial score (nSPS) is 12.7. The van der Waals surface area contributed by atoms with E-state index in [1.54, 1.807) is 24.9 Å². The highest BCUT2D eigenvalue weighted by molar-refractivity contribution is 8.00. The topological polar surface area (TPSA) is 56.7 Å². The summed E-state index contributed by atoms with van der Waals surface area (Å²) in [6.45, 7) is 3.33. The summed E-state index contributed by atoms with van der Waals surface area (Å²) in [5, 5.41) is 16.0. The predicted molar refractivity (Wildman–Crippen MR) is 98.0 cm³/mol. The van der Waals surface area contributed by atoms with E-state index in [1.807, 2.05) is 18.2 Å². The Kier molecular flexibility index (Phi) is 6.93. The number of aromatic hydroxyl groups is 1. The molecule has 6 heteroatoms. The van der Waals surface area contributed by atoms with Crippen LogP contribution in [0.4, 0.5) is 4.39 Å². The lowest BCUT2D eigenvalue weighted by Crippen LogP contribution is -2.39. The van der Waals surface area contributed by atoms with Gasteiger partial charge in [-0.05, 0) is 29.8 Å². The minimum Gasteiger partial charge on any atom is -0.505 e. The number of aliphatic imine (C=N–C) groups is 1. The molecule has 0 heterocycles. The number of hydrogen-bond donors (Lipinski definition) is 3. The molecule has 24 heavy (non-hydrogen) atoms. The molecule has 128 valence electrons. The summed E-state index contributed by atoms with van der Waals surface area (Å²) in [6, 6.07) is 14.6. The molecule has 0 aromatic heterocycles. The zero-order valence-electron chi connectivity index (χ0n) is 13.8. The summed E-state index contributed by atoms with van der Waals surface area (Å²) < 4.78 is 13.3. The second-order valence-corrected chi connectivity index (χ2v) is 6.85. The summed E-state index contributed by atoms with van der Waals surface area (Å²) in [5.41, 5.74) is 0.736. The molecule has 2 aromatic carbocycles. The number of phenolic OH excluding ortho intramolecular Hbond substituents is 1. The fourth-order valence-corrected chi connectivity index (χ4v) is 3.03. The van der Waals surface area contributed by atoms with Gasteiger partial charge in [-0.15, -0.1) is 11.8 Å². The summed E-state index contributed by atoms with van der Waals surface area (Å²) in [5.74, 6) is -0.304. The number of phenols is 1. The Hall–Kier alpha value is -2.21. The maximum absolute atomic E-state index is 13.3. The van der Waals surface area contributed by atoms with Crippen molar-refractivity contribution in [2.45, 2.75) is 23.6 Å². The first kappa shape index (κ1) is 18.1. The Morgan fingerprint density at radius 2 is 1.96 bits per heavy atom. The van der Waals surface area contributed by atoms with Gasteiger partial charge in [0.25, 0.3) is 0 Å². The third kappa shape index (κ3) is 5.77. The van der Waals surface area contributed by atoms with E-state index in [9.17, 15) is 9.50 Å². The molecule has 4 nitrogen and oxygen atoms in total. The molecule has 0 aliphatic heterocycles. The molecule has 1 atom stereocenters. The molecule has 0 aliphatic rings. The van der Waals surface area contributed by atoms with E-state index in [2.05, 4.69) is 34.7 Å². The highest BCUT2D eigenvalue weighted by Gasteiger charge is 2.06. The van der Waals surface area contributed by atoms with Gasteiger partial charge in [0.2, 0.25) is 0 Å². The molecule has 2 rings (SSSR count). The van der Waals surface area contributed by atoms with Gasteiger partial charge in [0.15, 0.2) is 17.5 Å². The molecule has 0 amide bonds. The average Bonchev–Trinajstić information content (AvgIpc) is 2.59. The number of nitrogens with zero attached hydrogens (tertiary/aromatic N) is 1. The van der Waals surface area contributed by atoms with Crippen LogP contribution in [0.3, 0.4) is 0 Å². The fourth-order valence-electron chi connectivity index (χ4n) is 2.08. The minimum absolute atomic E-state index is 0.340. The van der Waals surface area contributed by atoms with Crippen LogP contribution in [0.15, 0.2) is 58.4 Å². The average molecular weight is 347 g/mol. The Morgan fingerprint density at radius 1 is 1.21 bits per heavy atom. The summed E-state index contributed by atoms with van der Waals surface area (Å²) in [7, 11) is 1.70. The highest BCUT2D eigenvalue weighted by Crippen LogP contribution is 2.21. The predicted octanol–water partition coefficient (Wildman–Crippen LogP) is 3.38. The number of hydrogen-bond acceptors (Lipinski definition) is 3. The Labute approximate surface area is 146 Å². The molecule has 3 N–H and O–H groups in total. The quantitative estimate of drug-likeness (QED) is 0.426. The first-order valence-corrected chi connectivity index (χ1v) is 8.60. The molecule has 0 spiro atoms. The lowest BCUT2D eigenvalue weighted by Gasteiger charge is -2.16. The summed E-state index contributed by atoms with van der Waals surface area (Å²) in [6.07, 6.45) is 0. The minimum atomic E-state index is -0.620. The van der Waals surface area contributed by atoms with E-state index in [4.69, 9.17) is 0 Å². The van der Waals surface area contributed by atoms with E-state index in [0.29, 0.717) is 17.8 Å². The molecule has 0 aliphatic carbocycles. The SMILES string of the molecule is CN=C(NCc1ccc(O)c(F)c1)NCC(C)Sc1ccccc1. The fraction of sp³-hybridized carbons (Fsp3) is 0.278. The van der Waals surface area contributed by atoms with Crippen LogP contribution in [0.2, 0.25) is 0 Å². The van der Waals surface area contributed by atoms with E-state index in [1.165, 1.54) is 17.0 Å². The maximum Gasteiger partial charge on any atom is 0.191 e. The molecule has 1 unspecified atom stereocenters. The molecule has 2 aromatic rings. The van der Waals surface area contributed by atoms with Crippen molar-refractivity contribution in [2.24, 2.45) is 4.99 Å². The molecule has 0 bridgehead atoms. The lowest BCUT2D eigenvalue weighted by atomic mass is 10.2. The summed E-state index contributed by atoms with van der Waals surface area (Å²) in [4.78, 5) is 5.39. The monoisotopic (exact) mass is 347 g/mol. The van der Waals surface area contributed by atoms with Crippen molar-refractivity contribution >= 4 is 17.7 Å². The molecular formula is C18H22FN3OS. The highest BCUT2D eigenvalue weighted by atomic mass is 32.2. The molecule has 0 radical (unpaired) electrons. The summed E-state index contributed by atoms with van der Waals surface area (Å²) >= 11 is 1.79. The molecule has 0 saturated carbocycles. The van der Waals surface area contributed by atoms with Gasteiger partial charge >= 0.3 is 0 Å². The largest absolute Gasteiger partial charge is 0.505 e. The smallest absolute Gasteiger partial charge is 0.191 e. The van der Waals surface area contributed by atoms with Gasteiger partial charge in [0, 0.05) is 30.3 Å². The molecular weight excluding hydrogens is 325 g/mol. The van der Waals surface area contributed by atoms with Gasteiger partial charge in [0.05, 0.1) is 0 Å². The Bertz CT molecular complexity index is 679. The Morgan fingerprint density at radius 3 is 2.62 bits per heavy atom. The Balaban J connectivity index is 1.78. The van der Waals surface area contributed by atoms with Crippen molar-refractivity contribution in [3.05, 3.63) is 59.9 Å². The van der Waals surface area contributed by atoms with Crippen LogP contribution in [-0.4, -0.2) is 29.9 Å². The van der Waals surface area contributed by atoms with Gasteiger partial charge in [0.1, 0.15) is 0 Å². The van der Waals surface area contributed by atoms with Crippen molar-refractivity contribution < 1.29 is 9.50 Å². The number of guanidine groups is 1. The van der Waals surface area contributed by atoms with Crippen molar-refractivity contribution in [1.29, 1.82) is 0 Å². The van der Waals surface area contributed by atoms with Crippen LogP contribution in [0.1, 0.15) is 12.5 Å². The molecule has 0 fully saturated rings. The maximum atomic E-state index is 13.3. The van der Waals surface area contributed by atoms with Gasteiger partial charge in [-0.3, -0.25) is 4.99 Å². The van der Waals surface area contributed by atoms with E-state index in [-0.39, 0.29) is 5.75 Å². The third-order valence-corrected chi connectivity index (χ3v) is 4.45. The van der Waals surface area contributed by atoms with E-state index < -0.39 is 5.82 Å². The standard InChI is InChI=1S/C18H22FN3OS/c1-13(24-15-6-4-3-5-7-15)11-21-18(20-2)22-12-14-8-9-17(23)16(19)10-14/h3-10,13,23H,11-12H2,1-2H3,(H2,20,21,22). The number of nitrogens with one attached hydrogen (secondary N) is 2. The zero-order chi connectivity index (χ0) is 17.4. The van der Waals surface area contributed by atoms with Crippen LogP contribution in [0.25, 0.3) is 0 Å². The van der Waals surface area contributed by atoms with Crippen molar-refractivity contribution in [3.8, 4) is 5.75 Å². The van der Waals surface area contributed by atoms with Crippen LogP contribution in [0, 0.1) is 5.82 Å². The number of rotatable bonds is 6. The van der Waals surface area contributed by atoms with Crippen molar-refractivity contribution in [1.82, 2.24) is 10.6 Å². The van der Waals surface area contributed by atoms with Crippen LogP contribution in [0.5, 0.6) is 5.75 Å². The van der Waals surface area contributed by atoms with Crippen LogP contribution >= 0.6 is 11.8 Å².